The third-order valence-electron chi connectivity index (χ3n) is 8.26. The first-order valence-corrected chi connectivity index (χ1v) is 13.9. The van der Waals surface area contributed by atoms with Crippen molar-refractivity contribution in [3.05, 3.63) is 48.5 Å². The summed E-state index contributed by atoms with van der Waals surface area (Å²) in [4.78, 5) is 17.6. The van der Waals surface area contributed by atoms with Gasteiger partial charge in [-0.1, -0.05) is 31.0 Å². The number of ether oxygens (including phenoxy) is 2. The van der Waals surface area contributed by atoms with Crippen LogP contribution in [-0.4, -0.2) is 56.2 Å². The van der Waals surface area contributed by atoms with Gasteiger partial charge in [0.1, 0.15) is 6.10 Å². The van der Waals surface area contributed by atoms with Crippen LogP contribution < -0.4 is 19.7 Å². The number of carbonyl (C=O) groups excluding carboxylic acids is 1. The van der Waals surface area contributed by atoms with Crippen molar-refractivity contribution in [3.8, 4) is 11.5 Å². The van der Waals surface area contributed by atoms with Gasteiger partial charge in [0.2, 0.25) is 5.91 Å². The lowest BCUT2D eigenvalue weighted by molar-refractivity contribution is -0.117. The standard InChI is InChI=1S/C30H41N3O3/c1-35-28-11-4-5-12-29(28)36-27-15-19-32(20-16-27)25-13-17-33(18-14-25)26-10-6-9-24(22-26)31-30(34)21-23-7-2-3-8-23/h4-6,9-12,22-23,25,27H,2-3,7-8,13-21H2,1H3,(H,31,34). The highest BCUT2D eigenvalue weighted by molar-refractivity contribution is 5.91. The molecular formula is C30H41N3O3. The number of anilines is 2. The lowest BCUT2D eigenvalue weighted by atomic mass is 9.98. The molecule has 1 saturated carbocycles. The molecule has 194 valence electrons. The van der Waals surface area contributed by atoms with Crippen molar-refractivity contribution in [3.63, 3.8) is 0 Å². The molecule has 0 aromatic heterocycles. The molecule has 1 N–H and O–H groups in total. The molecule has 2 heterocycles. The predicted molar refractivity (Wildman–Crippen MR) is 145 cm³/mol. The third-order valence-corrected chi connectivity index (χ3v) is 8.26. The van der Waals surface area contributed by atoms with E-state index in [4.69, 9.17) is 9.47 Å². The van der Waals surface area contributed by atoms with Crippen LogP contribution >= 0.6 is 0 Å². The Hall–Kier alpha value is -2.73. The van der Waals surface area contributed by atoms with E-state index in [1.165, 1.54) is 44.2 Å². The molecule has 0 radical (unpaired) electrons. The zero-order valence-corrected chi connectivity index (χ0v) is 21.7. The Labute approximate surface area is 215 Å². The van der Waals surface area contributed by atoms with E-state index >= 15 is 0 Å². The molecule has 5 rings (SSSR count). The minimum absolute atomic E-state index is 0.163. The Kier molecular flexibility index (Phi) is 8.32. The molecule has 0 unspecified atom stereocenters. The second-order valence-corrected chi connectivity index (χ2v) is 10.7. The number of nitrogens with one attached hydrogen (secondary N) is 1. The van der Waals surface area contributed by atoms with Gasteiger partial charge in [0, 0.05) is 50.0 Å². The molecule has 0 atom stereocenters. The van der Waals surface area contributed by atoms with Crippen LogP contribution in [-0.2, 0) is 4.79 Å². The van der Waals surface area contributed by atoms with Gasteiger partial charge in [0.25, 0.3) is 0 Å². The molecule has 2 saturated heterocycles. The van der Waals surface area contributed by atoms with Gasteiger partial charge in [-0.25, -0.2) is 0 Å². The van der Waals surface area contributed by atoms with Gasteiger partial charge in [-0.05, 0) is 74.8 Å². The second-order valence-electron chi connectivity index (χ2n) is 10.7. The van der Waals surface area contributed by atoms with Crippen molar-refractivity contribution in [2.75, 3.05) is 43.5 Å². The maximum Gasteiger partial charge on any atom is 0.224 e. The van der Waals surface area contributed by atoms with Crippen LogP contribution in [0.2, 0.25) is 0 Å². The molecule has 1 aliphatic carbocycles. The van der Waals surface area contributed by atoms with Crippen LogP contribution in [0.1, 0.15) is 57.8 Å². The molecule has 3 fully saturated rings. The van der Waals surface area contributed by atoms with E-state index in [1.54, 1.807) is 7.11 Å². The topological polar surface area (TPSA) is 54.0 Å². The van der Waals surface area contributed by atoms with Gasteiger partial charge in [-0.3, -0.25) is 9.69 Å². The number of benzene rings is 2. The maximum atomic E-state index is 12.5. The first kappa shape index (κ1) is 24.9. The van der Waals surface area contributed by atoms with Crippen LogP contribution in [0.3, 0.4) is 0 Å². The second kappa shape index (κ2) is 12.0. The minimum Gasteiger partial charge on any atom is -0.493 e. The summed E-state index contributed by atoms with van der Waals surface area (Å²) >= 11 is 0. The van der Waals surface area contributed by atoms with Crippen LogP contribution in [0.5, 0.6) is 11.5 Å². The van der Waals surface area contributed by atoms with Gasteiger partial charge in [0.15, 0.2) is 11.5 Å². The summed E-state index contributed by atoms with van der Waals surface area (Å²) in [6, 6.07) is 17.0. The van der Waals surface area contributed by atoms with Gasteiger partial charge >= 0.3 is 0 Å². The fourth-order valence-electron chi connectivity index (χ4n) is 6.21. The lowest BCUT2D eigenvalue weighted by Crippen LogP contribution is -2.49. The van der Waals surface area contributed by atoms with Crippen LogP contribution in [0.4, 0.5) is 11.4 Å². The number of para-hydroxylation sites is 2. The average Bonchev–Trinajstić information content (AvgIpc) is 3.42. The van der Waals surface area contributed by atoms with Gasteiger partial charge in [-0.2, -0.15) is 0 Å². The SMILES string of the molecule is COc1ccccc1OC1CCN(C2CCN(c3cccc(NC(=O)CC4CCCC4)c3)CC2)CC1. The first-order valence-electron chi connectivity index (χ1n) is 13.9. The van der Waals surface area contributed by atoms with Crippen LogP contribution in [0, 0.1) is 5.92 Å². The largest absolute Gasteiger partial charge is 0.493 e. The van der Waals surface area contributed by atoms with Crippen molar-refractivity contribution in [1.29, 1.82) is 0 Å². The molecule has 2 aromatic carbocycles. The zero-order valence-electron chi connectivity index (χ0n) is 21.7. The summed E-state index contributed by atoms with van der Waals surface area (Å²) in [6.45, 7) is 4.30. The molecular weight excluding hydrogens is 450 g/mol. The Balaban J connectivity index is 1.07. The molecule has 6 heteroatoms. The third kappa shape index (κ3) is 6.33. The highest BCUT2D eigenvalue weighted by Crippen LogP contribution is 2.31. The summed E-state index contributed by atoms with van der Waals surface area (Å²) in [5.41, 5.74) is 2.14. The Morgan fingerprint density at radius 2 is 1.61 bits per heavy atom. The fraction of sp³-hybridized carbons (Fsp3) is 0.567. The molecule has 1 amide bonds. The van der Waals surface area contributed by atoms with Crippen LogP contribution in [0.15, 0.2) is 48.5 Å². The van der Waals surface area contributed by atoms with E-state index in [9.17, 15) is 4.79 Å². The molecule has 0 spiro atoms. The lowest BCUT2D eigenvalue weighted by Gasteiger charge is -2.42. The number of nitrogens with zero attached hydrogens (tertiary/aromatic N) is 2. The maximum absolute atomic E-state index is 12.5. The van der Waals surface area contributed by atoms with Crippen molar-refractivity contribution >= 4 is 17.3 Å². The van der Waals surface area contributed by atoms with E-state index in [-0.39, 0.29) is 12.0 Å². The highest BCUT2D eigenvalue weighted by Gasteiger charge is 2.29. The predicted octanol–water partition coefficient (Wildman–Crippen LogP) is 5.73. The number of methoxy groups -OCH3 is 1. The van der Waals surface area contributed by atoms with E-state index in [2.05, 4.69) is 33.3 Å². The normalized spacial score (nSPS) is 20.4. The van der Waals surface area contributed by atoms with Crippen molar-refractivity contribution in [1.82, 2.24) is 4.90 Å². The first-order chi connectivity index (χ1) is 17.7. The van der Waals surface area contributed by atoms with Gasteiger partial charge in [0.05, 0.1) is 7.11 Å². The summed E-state index contributed by atoms with van der Waals surface area (Å²) in [5, 5.41) is 3.14. The Morgan fingerprint density at radius 1 is 0.889 bits per heavy atom. The molecule has 3 aliphatic rings. The Morgan fingerprint density at radius 3 is 2.33 bits per heavy atom. The molecule has 2 aliphatic heterocycles. The van der Waals surface area contributed by atoms with E-state index < -0.39 is 0 Å². The molecule has 0 bridgehead atoms. The quantitative estimate of drug-likeness (QED) is 0.511. The Bertz CT molecular complexity index is 990. The van der Waals surface area contributed by atoms with Crippen molar-refractivity contribution in [2.24, 2.45) is 5.92 Å². The number of hydrogen-bond donors (Lipinski definition) is 1. The number of amides is 1. The summed E-state index contributed by atoms with van der Waals surface area (Å²) in [6.07, 6.45) is 10.3. The molecule has 2 aromatic rings. The zero-order chi connectivity index (χ0) is 24.7. The number of carbonyl (C=O) groups is 1. The molecule has 36 heavy (non-hydrogen) atoms. The van der Waals surface area contributed by atoms with E-state index in [1.807, 2.05) is 30.3 Å². The van der Waals surface area contributed by atoms with Crippen molar-refractivity contribution in [2.45, 2.75) is 69.9 Å². The molecule has 6 nitrogen and oxygen atoms in total. The van der Waals surface area contributed by atoms with Crippen molar-refractivity contribution < 1.29 is 14.3 Å². The highest BCUT2D eigenvalue weighted by atomic mass is 16.5. The summed E-state index contributed by atoms with van der Waals surface area (Å²) in [5.74, 6) is 2.40. The van der Waals surface area contributed by atoms with Crippen LogP contribution in [0.25, 0.3) is 0 Å². The van der Waals surface area contributed by atoms with Gasteiger partial charge in [-0.15, -0.1) is 0 Å². The number of rotatable bonds is 8. The summed E-state index contributed by atoms with van der Waals surface area (Å²) < 4.78 is 11.7. The van der Waals surface area contributed by atoms with E-state index in [0.29, 0.717) is 18.4 Å². The number of piperidine rings is 2. The average molecular weight is 492 g/mol. The smallest absolute Gasteiger partial charge is 0.224 e. The van der Waals surface area contributed by atoms with Gasteiger partial charge < -0.3 is 19.7 Å². The summed E-state index contributed by atoms with van der Waals surface area (Å²) in [7, 11) is 1.70. The fourth-order valence-corrected chi connectivity index (χ4v) is 6.21. The number of hydrogen-bond acceptors (Lipinski definition) is 5. The minimum atomic E-state index is 0.163. The monoisotopic (exact) mass is 491 g/mol. The number of likely N-dealkylation sites (tertiary alicyclic amines) is 1. The van der Waals surface area contributed by atoms with E-state index in [0.717, 1.165) is 56.2 Å².